The SMILES string of the molecule is COc1c(F)cc(N)cc1-c1cccnc1. The molecule has 1 aromatic heterocycles. The van der Waals surface area contributed by atoms with Crippen LogP contribution in [-0.4, -0.2) is 12.1 Å². The van der Waals surface area contributed by atoms with Gasteiger partial charge in [0.2, 0.25) is 0 Å². The number of nitrogens with zero attached hydrogens (tertiary/aromatic N) is 1. The minimum Gasteiger partial charge on any atom is -0.493 e. The van der Waals surface area contributed by atoms with Gasteiger partial charge in [-0.3, -0.25) is 4.98 Å². The topological polar surface area (TPSA) is 48.1 Å². The summed E-state index contributed by atoms with van der Waals surface area (Å²) in [5.41, 5.74) is 7.34. The van der Waals surface area contributed by atoms with Gasteiger partial charge in [-0.05, 0) is 12.1 Å². The van der Waals surface area contributed by atoms with Crippen molar-refractivity contribution in [3.05, 3.63) is 42.5 Å². The van der Waals surface area contributed by atoms with E-state index in [-0.39, 0.29) is 5.75 Å². The lowest BCUT2D eigenvalue weighted by Gasteiger charge is -2.10. The van der Waals surface area contributed by atoms with Crippen molar-refractivity contribution in [2.75, 3.05) is 12.8 Å². The van der Waals surface area contributed by atoms with Crippen molar-refractivity contribution in [3.63, 3.8) is 0 Å². The standard InChI is InChI=1S/C12H11FN2O/c1-16-12-10(5-9(14)6-11(12)13)8-3-2-4-15-7-8/h2-7H,14H2,1H3. The Labute approximate surface area is 92.7 Å². The predicted octanol–water partition coefficient (Wildman–Crippen LogP) is 2.48. The van der Waals surface area contributed by atoms with Crippen LogP contribution in [-0.2, 0) is 0 Å². The van der Waals surface area contributed by atoms with E-state index in [1.807, 2.05) is 6.07 Å². The van der Waals surface area contributed by atoms with Gasteiger partial charge in [-0.15, -0.1) is 0 Å². The molecule has 0 spiro atoms. The van der Waals surface area contributed by atoms with Crippen LogP contribution in [0, 0.1) is 5.82 Å². The Morgan fingerprint density at radius 3 is 2.81 bits per heavy atom. The Hall–Kier alpha value is -2.10. The van der Waals surface area contributed by atoms with E-state index in [0.29, 0.717) is 11.3 Å². The van der Waals surface area contributed by atoms with Crippen molar-refractivity contribution < 1.29 is 9.13 Å². The van der Waals surface area contributed by atoms with Gasteiger partial charge in [-0.1, -0.05) is 6.07 Å². The largest absolute Gasteiger partial charge is 0.493 e. The second-order valence-corrected chi connectivity index (χ2v) is 3.33. The van der Waals surface area contributed by atoms with E-state index in [1.165, 1.54) is 13.2 Å². The summed E-state index contributed by atoms with van der Waals surface area (Å²) in [7, 11) is 1.43. The zero-order valence-corrected chi connectivity index (χ0v) is 8.77. The average Bonchev–Trinajstić information content (AvgIpc) is 2.29. The molecule has 16 heavy (non-hydrogen) atoms. The summed E-state index contributed by atoms with van der Waals surface area (Å²) in [5, 5.41) is 0. The molecule has 82 valence electrons. The highest BCUT2D eigenvalue weighted by Crippen LogP contribution is 2.33. The van der Waals surface area contributed by atoms with Gasteiger partial charge in [0, 0.05) is 35.3 Å². The molecule has 0 aliphatic rings. The molecule has 4 heteroatoms. The van der Waals surface area contributed by atoms with Crippen molar-refractivity contribution in [3.8, 4) is 16.9 Å². The number of hydrogen-bond donors (Lipinski definition) is 1. The summed E-state index contributed by atoms with van der Waals surface area (Å²) < 4.78 is 18.6. The lowest BCUT2D eigenvalue weighted by Crippen LogP contribution is -1.95. The monoisotopic (exact) mass is 218 g/mol. The smallest absolute Gasteiger partial charge is 0.167 e. The number of ether oxygens (including phenoxy) is 1. The molecule has 0 radical (unpaired) electrons. The minimum absolute atomic E-state index is 0.183. The van der Waals surface area contributed by atoms with E-state index >= 15 is 0 Å². The highest BCUT2D eigenvalue weighted by Gasteiger charge is 2.12. The molecule has 0 saturated heterocycles. The number of methoxy groups -OCH3 is 1. The van der Waals surface area contributed by atoms with E-state index in [0.717, 1.165) is 5.56 Å². The molecular weight excluding hydrogens is 207 g/mol. The predicted molar refractivity (Wildman–Crippen MR) is 60.6 cm³/mol. The van der Waals surface area contributed by atoms with Gasteiger partial charge in [-0.25, -0.2) is 4.39 Å². The van der Waals surface area contributed by atoms with Gasteiger partial charge in [0.05, 0.1) is 7.11 Å². The third-order valence-corrected chi connectivity index (χ3v) is 2.24. The van der Waals surface area contributed by atoms with Gasteiger partial charge in [-0.2, -0.15) is 0 Å². The minimum atomic E-state index is -0.471. The molecule has 0 amide bonds. The highest BCUT2D eigenvalue weighted by atomic mass is 19.1. The van der Waals surface area contributed by atoms with Crippen LogP contribution in [0.4, 0.5) is 10.1 Å². The van der Waals surface area contributed by atoms with Crippen molar-refractivity contribution in [1.82, 2.24) is 4.98 Å². The molecule has 0 atom stereocenters. The average molecular weight is 218 g/mol. The van der Waals surface area contributed by atoms with E-state index < -0.39 is 5.82 Å². The van der Waals surface area contributed by atoms with Crippen LogP contribution in [0.5, 0.6) is 5.75 Å². The molecule has 1 aromatic carbocycles. The van der Waals surface area contributed by atoms with Crippen molar-refractivity contribution in [2.24, 2.45) is 0 Å². The molecule has 2 N–H and O–H groups in total. The van der Waals surface area contributed by atoms with Crippen molar-refractivity contribution in [2.45, 2.75) is 0 Å². The van der Waals surface area contributed by atoms with E-state index in [2.05, 4.69) is 4.98 Å². The van der Waals surface area contributed by atoms with Gasteiger partial charge < -0.3 is 10.5 Å². The maximum Gasteiger partial charge on any atom is 0.167 e. The van der Waals surface area contributed by atoms with E-state index in [4.69, 9.17) is 10.5 Å². The van der Waals surface area contributed by atoms with Crippen LogP contribution < -0.4 is 10.5 Å². The van der Waals surface area contributed by atoms with Gasteiger partial charge >= 0.3 is 0 Å². The quantitative estimate of drug-likeness (QED) is 0.788. The fourth-order valence-corrected chi connectivity index (χ4v) is 1.56. The van der Waals surface area contributed by atoms with Crippen LogP contribution in [0.15, 0.2) is 36.7 Å². The molecule has 0 aliphatic heterocycles. The van der Waals surface area contributed by atoms with Gasteiger partial charge in [0.15, 0.2) is 11.6 Å². The van der Waals surface area contributed by atoms with Crippen LogP contribution in [0.1, 0.15) is 0 Å². The third-order valence-electron chi connectivity index (χ3n) is 2.24. The molecule has 0 aliphatic carbocycles. The molecular formula is C12H11FN2O. The number of nitrogens with two attached hydrogens (primary N) is 1. The number of anilines is 1. The van der Waals surface area contributed by atoms with Crippen LogP contribution in [0.3, 0.4) is 0 Å². The Balaban J connectivity index is 2.64. The van der Waals surface area contributed by atoms with Crippen molar-refractivity contribution in [1.29, 1.82) is 0 Å². The molecule has 2 rings (SSSR count). The maximum absolute atomic E-state index is 13.6. The Morgan fingerprint density at radius 1 is 1.38 bits per heavy atom. The van der Waals surface area contributed by atoms with Crippen LogP contribution in [0.25, 0.3) is 11.1 Å². The number of benzene rings is 1. The van der Waals surface area contributed by atoms with Crippen molar-refractivity contribution >= 4 is 5.69 Å². The second kappa shape index (κ2) is 4.18. The summed E-state index contributed by atoms with van der Waals surface area (Å²) >= 11 is 0. The number of halogens is 1. The first-order valence-corrected chi connectivity index (χ1v) is 4.76. The Morgan fingerprint density at radius 2 is 2.19 bits per heavy atom. The van der Waals surface area contributed by atoms with Gasteiger partial charge in [0.1, 0.15) is 0 Å². The molecule has 0 fully saturated rings. The highest BCUT2D eigenvalue weighted by molar-refractivity contribution is 5.73. The first kappa shape index (κ1) is 10.4. The molecule has 0 unspecified atom stereocenters. The first-order valence-electron chi connectivity index (χ1n) is 4.76. The molecule has 3 nitrogen and oxygen atoms in total. The lowest BCUT2D eigenvalue weighted by atomic mass is 10.1. The zero-order valence-electron chi connectivity index (χ0n) is 8.77. The zero-order chi connectivity index (χ0) is 11.5. The van der Waals surface area contributed by atoms with E-state index in [1.54, 1.807) is 24.5 Å². The third kappa shape index (κ3) is 1.82. The summed E-state index contributed by atoms with van der Waals surface area (Å²) in [6.45, 7) is 0. The Bertz CT molecular complexity index is 500. The normalized spacial score (nSPS) is 10.1. The Kier molecular flexibility index (Phi) is 2.72. The summed E-state index contributed by atoms with van der Waals surface area (Å²) in [6, 6.07) is 6.50. The number of hydrogen-bond acceptors (Lipinski definition) is 3. The molecule has 1 heterocycles. The maximum atomic E-state index is 13.6. The molecule has 2 aromatic rings. The first-order chi connectivity index (χ1) is 7.72. The summed E-state index contributed by atoms with van der Waals surface area (Å²) in [4.78, 5) is 3.98. The number of aromatic nitrogens is 1. The molecule has 0 bridgehead atoms. The fraction of sp³-hybridized carbons (Fsp3) is 0.0833. The number of pyridine rings is 1. The fourth-order valence-electron chi connectivity index (χ4n) is 1.56. The second-order valence-electron chi connectivity index (χ2n) is 3.33. The van der Waals surface area contributed by atoms with Crippen LogP contribution >= 0.6 is 0 Å². The summed E-state index contributed by atoms with van der Waals surface area (Å²) in [6.07, 6.45) is 3.29. The van der Waals surface area contributed by atoms with E-state index in [9.17, 15) is 4.39 Å². The van der Waals surface area contributed by atoms with Gasteiger partial charge in [0.25, 0.3) is 0 Å². The number of nitrogen functional groups attached to an aromatic ring is 1. The van der Waals surface area contributed by atoms with Crippen LogP contribution in [0.2, 0.25) is 0 Å². The number of rotatable bonds is 2. The molecule has 0 saturated carbocycles. The lowest BCUT2D eigenvalue weighted by molar-refractivity contribution is 0.388. The summed E-state index contributed by atoms with van der Waals surface area (Å²) in [5.74, 6) is -0.288.